The molecule has 0 heterocycles. The molecule has 6 heteroatoms. The molecule has 0 bridgehead atoms. The molecule has 0 spiro atoms. The van der Waals surface area contributed by atoms with Crippen molar-refractivity contribution >= 4 is 17.9 Å². The van der Waals surface area contributed by atoms with Crippen molar-refractivity contribution in [2.24, 2.45) is 0 Å². The van der Waals surface area contributed by atoms with Crippen molar-refractivity contribution in [3.8, 4) is 0 Å². The van der Waals surface area contributed by atoms with Crippen molar-refractivity contribution in [2.45, 2.75) is 187 Å². The van der Waals surface area contributed by atoms with Gasteiger partial charge in [-0.15, -0.1) is 0 Å². The molecule has 50 heavy (non-hydrogen) atoms. The van der Waals surface area contributed by atoms with E-state index in [1.54, 1.807) is 0 Å². The number of esters is 3. The average molecular weight is 699 g/mol. The molecule has 0 aromatic rings. The molecule has 0 aromatic carbocycles. The highest BCUT2D eigenvalue weighted by Crippen LogP contribution is 2.12. The van der Waals surface area contributed by atoms with Gasteiger partial charge in [-0.3, -0.25) is 14.4 Å². The highest BCUT2D eigenvalue weighted by molar-refractivity contribution is 5.71. The summed E-state index contributed by atoms with van der Waals surface area (Å²) in [4.78, 5) is 37.3. The van der Waals surface area contributed by atoms with E-state index in [0.717, 1.165) is 103 Å². The second kappa shape index (κ2) is 38.9. The monoisotopic (exact) mass is 699 g/mol. The quantitative estimate of drug-likeness (QED) is 0.0284. The Hall–Kier alpha value is -2.89. The van der Waals surface area contributed by atoms with Crippen molar-refractivity contribution in [3.63, 3.8) is 0 Å². The van der Waals surface area contributed by atoms with Gasteiger partial charge in [0.1, 0.15) is 13.2 Å². The maximum Gasteiger partial charge on any atom is 0.306 e. The molecule has 0 aliphatic carbocycles. The largest absolute Gasteiger partial charge is 0.462 e. The molecule has 0 N–H and O–H groups in total. The predicted octanol–water partition coefficient (Wildman–Crippen LogP) is 12.6. The molecular formula is C44H74O6. The van der Waals surface area contributed by atoms with E-state index in [2.05, 4.69) is 81.5 Å². The summed E-state index contributed by atoms with van der Waals surface area (Å²) in [5, 5.41) is 0. The van der Waals surface area contributed by atoms with Gasteiger partial charge in [-0.05, 0) is 83.5 Å². The van der Waals surface area contributed by atoms with Gasteiger partial charge in [-0.1, -0.05) is 139 Å². The van der Waals surface area contributed by atoms with Crippen LogP contribution in [-0.2, 0) is 28.6 Å². The molecule has 0 aliphatic heterocycles. The van der Waals surface area contributed by atoms with E-state index in [1.807, 2.05) is 0 Å². The number of ether oxygens (including phenoxy) is 3. The Bertz CT molecular complexity index is 944. The van der Waals surface area contributed by atoms with Gasteiger partial charge in [0.05, 0.1) is 0 Å². The third-order valence-corrected chi connectivity index (χ3v) is 8.26. The molecular weight excluding hydrogens is 624 g/mol. The summed E-state index contributed by atoms with van der Waals surface area (Å²) >= 11 is 0. The Morgan fingerprint density at radius 2 is 0.780 bits per heavy atom. The first-order chi connectivity index (χ1) is 24.5. The van der Waals surface area contributed by atoms with E-state index in [0.29, 0.717) is 19.3 Å². The molecule has 0 saturated carbocycles. The second-order valence-corrected chi connectivity index (χ2v) is 13.2. The van der Waals surface area contributed by atoms with Crippen LogP contribution in [0.4, 0.5) is 0 Å². The topological polar surface area (TPSA) is 78.9 Å². The Morgan fingerprint density at radius 1 is 0.420 bits per heavy atom. The minimum atomic E-state index is -0.788. The number of allylic oxidation sites excluding steroid dienone is 10. The van der Waals surface area contributed by atoms with Crippen LogP contribution in [-0.4, -0.2) is 37.2 Å². The third kappa shape index (κ3) is 36.4. The lowest BCUT2D eigenvalue weighted by molar-refractivity contribution is -0.167. The number of carbonyl (C=O) groups excluding carboxylic acids is 3. The van der Waals surface area contributed by atoms with Gasteiger partial charge >= 0.3 is 17.9 Å². The van der Waals surface area contributed by atoms with Gasteiger partial charge in [0.15, 0.2) is 6.10 Å². The van der Waals surface area contributed by atoms with Gasteiger partial charge < -0.3 is 14.2 Å². The van der Waals surface area contributed by atoms with Crippen LogP contribution in [0.1, 0.15) is 181 Å². The maximum absolute atomic E-state index is 12.6. The minimum absolute atomic E-state index is 0.0927. The number of rotatable bonds is 35. The molecule has 0 fully saturated rings. The van der Waals surface area contributed by atoms with Crippen molar-refractivity contribution in [2.75, 3.05) is 13.2 Å². The average Bonchev–Trinajstić information content (AvgIpc) is 3.11. The Kier molecular flexibility index (Phi) is 36.7. The van der Waals surface area contributed by atoms with Crippen LogP contribution < -0.4 is 0 Å². The minimum Gasteiger partial charge on any atom is -0.462 e. The molecule has 0 aliphatic rings. The van der Waals surface area contributed by atoms with Crippen LogP contribution in [0, 0.1) is 0 Å². The van der Waals surface area contributed by atoms with Crippen molar-refractivity contribution < 1.29 is 28.6 Å². The van der Waals surface area contributed by atoms with E-state index >= 15 is 0 Å². The lowest BCUT2D eigenvalue weighted by atomic mass is 10.1. The molecule has 1 atom stereocenters. The Balaban J connectivity index is 4.37. The Morgan fingerprint density at radius 3 is 1.32 bits per heavy atom. The smallest absolute Gasteiger partial charge is 0.306 e. The van der Waals surface area contributed by atoms with Gasteiger partial charge in [0, 0.05) is 19.3 Å². The molecule has 0 saturated heterocycles. The SMILES string of the molecule is CC/C=C\C/C=C\C/C=C\C/C=C\CCCCC(=O)OCC(COC(=O)CCCCCCC)OC(=O)CCCCCCC/C=C\CCCCC. The van der Waals surface area contributed by atoms with E-state index < -0.39 is 6.10 Å². The molecule has 286 valence electrons. The van der Waals surface area contributed by atoms with Gasteiger partial charge in [-0.2, -0.15) is 0 Å². The molecule has 0 aromatic heterocycles. The molecule has 0 amide bonds. The fraction of sp³-hybridized carbons (Fsp3) is 0.705. The standard InChI is InChI=1S/C44H74O6/c1-4-7-10-13-15-17-19-21-22-23-25-26-28-31-34-37-43(46)49-40-41(39-48-42(45)36-33-30-12-9-6-3)50-44(47)38-35-32-29-27-24-20-18-16-14-11-8-5-2/h7,10,15-18,21-22,25-26,41H,4-6,8-9,11-14,19-20,23-24,27-40H2,1-3H3/b10-7-,17-15-,18-16-,22-21-,26-25-. The van der Waals surface area contributed by atoms with E-state index in [9.17, 15) is 14.4 Å². The number of hydrogen-bond acceptors (Lipinski definition) is 6. The fourth-order valence-corrected chi connectivity index (χ4v) is 5.19. The lowest BCUT2D eigenvalue weighted by Crippen LogP contribution is -2.30. The first-order valence-corrected chi connectivity index (χ1v) is 20.3. The summed E-state index contributed by atoms with van der Waals surface area (Å²) in [7, 11) is 0. The zero-order chi connectivity index (χ0) is 36.6. The lowest BCUT2D eigenvalue weighted by Gasteiger charge is -2.18. The predicted molar refractivity (Wildman–Crippen MR) is 210 cm³/mol. The summed E-state index contributed by atoms with van der Waals surface area (Å²) in [6.45, 7) is 6.33. The summed E-state index contributed by atoms with van der Waals surface area (Å²) in [6.07, 6.45) is 45.2. The normalized spacial score (nSPS) is 12.6. The van der Waals surface area contributed by atoms with Gasteiger partial charge in [0.2, 0.25) is 0 Å². The van der Waals surface area contributed by atoms with Gasteiger partial charge in [-0.25, -0.2) is 0 Å². The van der Waals surface area contributed by atoms with Crippen molar-refractivity contribution in [3.05, 3.63) is 60.8 Å². The third-order valence-electron chi connectivity index (χ3n) is 8.26. The first-order valence-electron chi connectivity index (χ1n) is 20.3. The van der Waals surface area contributed by atoms with Crippen LogP contribution >= 0.6 is 0 Å². The summed E-state index contributed by atoms with van der Waals surface area (Å²) in [5.41, 5.74) is 0. The summed E-state index contributed by atoms with van der Waals surface area (Å²) in [5.74, 6) is -0.968. The fourth-order valence-electron chi connectivity index (χ4n) is 5.19. The molecule has 0 radical (unpaired) electrons. The summed E-state index contributed by atoms with van der Waals surface area (Å²) < 4.78 is 16.5. The zero-order valence-electron chi connectivity index (χ0n) is 32.4. The molecule has 1 unspecified atom stereocenters. The van der Waals surface area contributed by atoms with E-state index in [4.69, 9.17) is 14.2 Å². The van der Waals surface area contributed by atoms with Crippen LogP contribution in [0.25, 0.3) is 0 Å². The number of carbonyl (C=O) groups is 3. The number of unbranched alkanes of at least 4 members (excludes halogenated alkanes) is 14. The van der Waals surface area contributed by atoms with Gasteiger partial charge in [0.25, 0.3) is 0 Å². The highest BCUT2D eigenvalue weighted by atomic mass is 16.6. The second-order valence-electron chi connectivity index (χ2n) is 13.2. The zero-order valence-corrected chi connectivity index (χ0v) is 32.4. The van der Waals surface area contributed by atoms with Crippen molar-refractivity contribution in [1.82, 2.24) is 0 Å². The first kappa shape index (κ1) is 47.1. The van der Waals surface area contributed by atoms with Crippen LogP contribution in [0.2, 0.25) is 0 Å². The molecule has 6 nitrogen and oxygen atoms in total. The van der Waals surface area contributed by atoms with E-state index in [-0.39, 0.29) is 31.1 Å². The summed E-state index contributed by atoms with van der Waals surface area (Å²) in [6, 6.07) is 0. The highest BCUT2D eigenvalue weighted by Gasteiger charge is 2.19. The number of hydrogen-bond donors (Lipinski definition) is 0. The van der Waals surface area contributed by atoms with E-state index in [1.165, 1.54) is 38.5 Å². The van der Waals surface area contributed by atoms with Crippen LogP contribution in [0.3, 0.4) is 0 Å². The Labute approximate surface area is 307 Å². The maximum atomic E-state index is 12.6. The van der Waals surface area contributed by atoms with Crippen LogP contribution in [0.15, 0.2) is 60.8 Å². The van der Waals surface area contributed by atoms with Crippen LogP contribution in [0.5, 0.6) is 0 Å². The van der Waals surface area contributed by atoms with Crippen molar-refractivity contribution in [1.29, 1.82) is 0 Å². The molecule has 0 rings (SSSR count).